The number of allylic oxidation sites excluding steroid dienone is 1. The van der Waals surface area contributed by atoms with Crippen LogP contribution in [-0.4, -0.2) is 30.6 Å². The summed E-state index contributed by atoms with van der Waals surface area (Å²) in [4.78, 5) is 14.4. The van der Waals surface area contributed by atoms with E-state index in [1.54, 1.807) is 0 Å². The molecule has 3 fully saturated rings. The highest BCUT2D eigenvalue weighted by Gasteiger charge is 2.63. The number of nitrogens with zero attached hydrogens (tertiary/aromatic N) is 1. The fraction of sp³-hybridized carbons (Fsp3) is 0.621. The van der Waals surface area contributed by atoms with E-state index in [0.29, 0.717) is 41.8 Å². The van der Waals surface area contributed by atoms with Crippen molar-refractivity contribution in [2.75, 3.05) is 19.0 Å². The Morgan fingerprint density at radius 2 is 1.81 bits per heavy atom. The highest BCUT2D eigenvalue weighted by atomic mass is 16.3. The van der Waals surface area contributed by atoms with Gasteiger partial charge in [0.25, 0.3) is 0 Å². The second-order valence-electron chi connectivity index (χ2n) is 11.2. The molecule has 4 aliphatic carbocycles. The Balaban J connectivity index is 1.58. The molecule has 0 radical (unpaired) electrons. The molecule has 1 N–H and O–H groups in total. The van der Waals surface area contributed by atoms with Crippen LogP contribution in [0.3, 0.4) is 0 Å². The largest absolute Gasteiger partial charge is 0.378 e. The molecule has 3 nitrogen and oxygen atoms in total. The normalized spacial score (nSPS) is 40.3. The van der Waals surface area contributed by atoms with Crippen molar-refractivity contribution in [3.8, 4) is 11.8 Å². The quantitative estimate of drug-likeness (QED) is 0.643. The van der Waals surface area contributed by atoms with Gasteiger partial charge in [0.05, 0.1) is 0 Å². The lowest BCUT2D eigenvalue weighted by Crippen LogP contribution is -2.53. The number of fused-ring (bicyclic) bond motifs is 5. The third kappa shape index (κ3) is 3.18. The number of hydrogen-bond acceptors (Lipinski definition) is 3. The Hall–Kier alpha value is -2.05. The first-order valence-corrected chi connectivity index (χ1v) is 12.4. The monoisotopic (exact) mass is 431 g/mol. The van der Waals surface area contributed by atoms with E-state index in [-0.39, 0.29) is 5.41 Å². The minimum Gasteiger partial charge on any atom is -0.378 e. The van der Waals surface area contributed by atoms with Gasteiger partial charge in [-0.3, -0.25) is 4.79 Å². The summed E-state index contributed by atoms with van der Waals surface area (Å²) >= 11 is 0. The molecular formula is C29H37NO2. The molecule has 0 heterocycles. The number of carbonyl (C=O) groups excluding carboxylic acids is 1. The van der Waals surface area contributed by atoms with Crippen molar-refractivity contribution < 1.29 is 9.90 Å². The molecule has 0 spiro atoms. The van der Waals surface area contributed by atoms with E-state index < -0.39 is 5.60 Å². The van der Waals surface area contributed by atoms with E-state index in [1.807, 2.05) is 13.0 Å². The van der Waals surface area contributed by atoms with Crippen molar-refractivity contribution in [1.29, 1.82) is 0 Å². The second-order valence-corrected chi connectivity index (χ2v) is 11.2. The fourth-order valence-corrected chi connectivity index (χ4v) is 8.02. The molecule has 1 aromatic rings. The van der Waals surface area contributed by atoms with Crippen molar-refractivity contribution in [3.63, 3.8) is 0 Å². The molecule has 170 valence electrons. The molecular weight excluding hydrogens is 394 g/mol. The molecule has 0 aromatic heterocycles. The van der Waals surface area contributed by atoms with Gasteiger partial charge in [0.2, 0.25) is 0 Å². The van der Waals surface area contributed by atoms with Gasteiger partial charge in [-0.05, 0) is 98.8 Å². The van der Waals surface area contributed by atoms with E-state index in [0.717, 1.165) is 38.5 Å². The zero-order chi connectivity index (χ0) is 22.7. The van der Waals surface area contributed by atoms with Gasteiger partial charge >= 0.3 is 0 Å². The minimum atomic E-state index is -0.866. The van der Waals surface area contributed by atoms with Gasteiger partial charge in [-0.15, -0.1) is 5.92 Å². The summed E-state index contributed by atoms with van der Waals surface area (Å²) in [5.74, 6) is 9.17. The zero-order valence-electron chi connectivity index (χ0n) is 20.0. The predicted octanol–water partition coefficient (Wildman–Crippen LogP) is 5.34. The van der Waals surface area contributed by atoms with E-state index in [1.165, 1.54) is 16.8 Å². The van der Waals surface area contributed by atoms with Crippen molar-refractivity contribution >= 4 is 11.5 Å². The average Bonchev–Trinajstić information content (AvgIpc) is 3.03. The van der Waals surface area contributed by atoms with Crippen molar-refractivity contribution in [2.45, 2.75) is 70.3 Å². The standard InChI is InChI=1S/C29H37NO2/c1-5-14-29(32)16-13-26-27-24(12-15-28(26,29)2)23-11-10-22(31)17-20(23)18-25(27)19-6-8-21(9-7-19)30(3)4/h6-9,17,23-27,32H,10-13,15-16,18H2,1-4H3/t23-,24+,25-,26-,27-,28-,29-/m0/s1. The summed E-state index contributed by atoms with van der Waals surface area (Å²) < 4.78 is 0. The van der Waals surface area contributed by atoms with Gasteiger partial charge < -0.3 is 10.0 Å². The molecule has 0 amide bonds. The molecule has 0 saturated heterocycles. The van der Waals surface area contributed by atoms with Gasteiger partial charge in [-0.1, -0.05) is 30.6 Å². The Morgan fingerprint density at radius 1 is 1.06 bits per heavy atom. The molecule has 5 rings (SSSR count). The summed E-state index contributed by atoms with van der Waals surface area (Å²) in [6.07, 6.45) is 8.71. The average molecular weight is 432 g/mol. The van der Waals surface area contributed by atoms with E-state index >= 15 is 0 Å². The maximum atomic E-state index is 12.3. The molecule has 0 bridgehead atoms. The van der Waals surface area contributed by atoms with Crippen molar-refractivity contribution in [1.82, 2.24) is 0 Å². The minimum absolute atomic E-state index is 0.148. The summed E-state index contributed by atoms with van der Waals surface area (Å²) in [5, 5.41) is 11.6. The maximum Gasteiger partial charge on any atom is 0.155 e. The fourth-order valence-electron chi connectivity index (χ4n) is 8.02. The summed E-state index contributed by atoms with van der Waals surface area (Å²) in [5.41, 5.74) is 2.99. The lowest BCUT2D eigenvalue weighted by molar-refractivity contribution is -0.116. The lowest BCUT2D eigenvalue weighted by Gasteiger charge is -2.57. The van der Waals surface area contributed by atoms with Crippen LogP contribution < -0.4 is 4.90 Å². The topological polar surface area (TPSA) is 40.5 Å². The van der Waals surface area contributed by atoms with Crippen LogP contribution in [0.15, 0.2) is 35.9 Å². The number of benzene rings is 1. The Labute approximate surface area is 193 Å². The Morgan fingerprint density at radius 3 is 2.50 bits per heavy atom. The third-order valence-corrected chi connectivity index (χ3v) is 9.67. The van der Waals surface area contributed by atoms with Crippen LogP contribution in [0.25, 0.3) is 0 Å². The summed E-state index contributed by atoms with van der Waals surface area (Å²) in [6, 6.07) is 9.07. The molecule has 7 atom stereocenters. The van der Waals surface area contributed by atoms with Gasteiger partial charge in [-0.2, -0.15) is 0 Å². The smallest absolute Gasteiger partial charge is 0.155 e. The number of anilines is 1. The van der Waals surface area contributed by atoms with Crippen molar-refractivity contribution in [2.24, 2.45) is 29.1 Å². The van der Waals surface area contributed by atoms with Crippen LogP contribution in [0.1, 0.15) is 70.3 Å². The molecule has 0 aliphatic heterocycles. The van der Waals surface area contributed by atoms with Crippen LogP contribution in [0.4, 0.5) is 5.69 Å². The van der Waals surface area contributed by atoms with Crippen LogP contribution in [-0.2, 0) is 4.79 Å². The molecule has 3 heteroatoms. The highest BCUT2D eigenvalue weighted by Crippen LogP contribution is 2.67. The molecule has 0 unspecified atom stereocenters. The SMILES string of the molecule is CC#C[C@]1(O)CC[C@H]2[C@H]3[C@H](CC[C@@]21C)[C@H]1CCC(=O)C=C1C[C@H]3c1ccc(N(C)C)cc1. The third-order valence-electron chi connectivity index (χ3n) is 9.67. The first-order chi connectivity index (χ1) is 15.3. The van der Waals surface area contributed by atoms with Crippen LogP contribution in [0.5, 0.6) is 0 Å². The Bertz CT molecular complexity index is 996. The number of aliphatic hydroxyl groups is 1. The van der Waals surface area contributed by atoms with Gasteiger partial charge in [0, 0.05) is 31.6 Å². The van der Waals surface area contributed by atoms with E-state index in [4.69, 9.17) is 0 Å². The van der Waals surface area contributed by atoms with E-state index in [2.05, 4.69) is 62.0 Å². The van der Waals surface area contributed by atoms with Gasteiger partial charge in [0.15, 0.2) is 5.78 Å². The Kier molecular flexibility index (Phi) is 5.29. The number of hydrogen-bond donors (Lipinski definition) is 1. The summed E-state index contributed by atoms with van der Waals surface area (Å²) in [6.45, 7) is 4.17. The number of rotatable bonds is 2. The molecule has 32 heavy (non-hydrogen) atoms. The number of carbonyl (C=O) groups is 1. The summed E-state index contributed by atoms with van der Waals surface area (Å²) in [7, 11) is 4.16. The first kappa shape index (κ1) is 21.8. The van der Waals surface area contributed by atoms with Crippen LogP contribution in [0, 0.1) is 40.9 Å². The first-order valence-electron chi connectivity index (χ1n) is 12.4. The molecule has 3 saturated carbocycles. The maximum absolute atomic E-state index is 12.3. The van der Waals surface area contributed by atoms with Crippen molar-refractivity contribution in [3.05, 3.63) is 41.5 Å². The van der Waals surface area contributed by atoms with Crippen LogP contribution >= 0.6 is 0 Å². The second kappa shape index (κ2) is 7.77. The van der Waals surface area contributed by atoms with E-state index in [9.17, 15) is 9.90 Å². The van der Waals surface area contributed by atoms with Crippen LogP contribution in [0.2, 0.25) is 0 Å². The number of ketones is 1. The van der Waals surface area contributed by atoms with Gasteiger partial charge in [0.1, 0.15) is 5.60 Å². The zero-order valence-corrected chi connectivity index (χ0v) is 20.0. The lowest BCUT2D eigenvalue weighted by atomic mass is 9.47. The molecule has 4 aliphatic rings. The highest BCUT2D eigenvalue weighted by molar-refractivity contribution is 5.91. The predicted molar refractivity (Wildman–Crippen MR) is 129 cm³/mol. The van der Waals surface area contributed by atoms with Gasteiger partial charge in [-0.25, -0.2) is 0 Å². The molecule has 1 aromatic carbocycles.